The van der Waals surface area contributed by atoms with Crippen LogP contribution in [0.5, 0.6) is 0 Å². The van der Waals surface area contributed by atoms with Gasteiger partial charge in [0.2, 0.25) is 5.13 Å². The lowest BCUT2D eigenvalue weighted by molar-refractivity contribution is 0.247. The van der Waals surface area contributed by atoms with E-state index in [1.54, 1.807) is 5.51 Å². The van der Waals surface area contributed by atoms with Crippen molar-refractivity contribution in [2.45, 2.75) is 19.9 Å². The molecule has 7 heteroatoms. The summed E-state index contributed by atoms with van der Waals surface area (Å²) in [5.41, 5.74) is 1.55. The predicted octanol–water partition coefficient (Wildman–Crippen LogP) is 2.32. The quantitative estimate of drug-likeness (QED) is 0.878. The molecule has 0 aliphatic heterocycles. The summed E-state index contributed by atoms with van der Waals surface area (Å²) < 4.78 is 5.41. The van der Waals surface area contributed by atoms with Crippen molar-refractivity contribution in [2.24, 2.45) is 0 Å². The largest absolute Gasteiger partial charge is 0.464 e. The van der Waals surface area contributed by atoms with Crippen molar-refractivity contribution in [3.63, 3.8) is 0 Å². The average molecular weight is 252 g/mol. The second-order valence-electron chi connectivity index (χ2n) is 3.51. The van der Waals surface area contributed by atoms with Gasteiger partial charge in [0.25, 0.3) is 0 Å². The van der Waals surface area contributed by atoms with Gasteiger partial charge in [0, 0.05) is 0 Å². The normalized spacial score (nSPS) is 12.1. The average Bonchev–Trinajstić information content (AvgIpc) is 2.89. The minimum Gasteiger partial charge on any atom is -0.464 e. The number of anilines is 1. The van der Waals surface area contributed by atoms with Gasteiger partial charge in [-0.3, -0.25) is 5.32 Å². The van der Waals surface area contributed by atoms with Crippen LogP contribution in [-0.2, 0) is 0 Å². The molecule has 0 unspecified atom stereocenters. The molecule has 2 rings (SSSR count). The maximum Gasteiger partial charge on any atom is 0.321 e. The Balaban J connectivity index is 1.90. The highest BCUT2D eigenvalue weighted by atomic mass is 32.1. The van der Waals surface area contributed by atoms with Gasteiger partial charge < -0.3 is 9.73 Å². The monoisotopic (exact) mass is 252 g/mol. The van der Waals surface area contributed by atoms with Gasteiger partial charge in [0.05, 0.1) is 6.04 Å². The smallest absolute Gasteiger partial charge is 0.321 e. The van der Waals surface area contributed by atoms with Gasteiger partial charge in [-0.15, -0.1) is 10.2 Å². The van der Waals surface area contributed by atoms with Crippen molar-refractivity contribution in [3.8, 4) is 0 Å². The zero-order chi connectivity index (χ0) is 12.3. The third-order valence-corrected chi connectivity index (χ3v) is 2.72. The summed E-state index contributed by atoms with van der Waals surface area (Å²) in [6.45, 7) is 3.70. The van der Waals surface area contributed by atoms with Crippen molar-refractivity contribution >= 4 is 22.5 Å². The summed E-state index contributed by atoms with van der Waals surface area (Å²) in [6, 6.07) is 3.17. The Bertz CT molecular complexity index is 494. The number of hydrogen-bond donors (Lipinski definition) is 2. The molecule has 2 heterocycles. The Hall–Kier alpha value is -1.89. The Labute approximate surface area is 102 Å². The third kappa shape index (κ3) is 3.04. The van der Waals surface area contributed by atoms with E-state index in [1.165, 1.54) is 11.3 Å². The van der Waals surface area contributed by atoms with Gasteiger partial charge in [-0.25, -0.2) is 4.79 Å². The number of rotatable bonds is 3. The lowest BCUT2D eigenvalue weighted by Crippen LogP contribution is -2.30. The fraction of sp³-hybridized carbons (Fsp3) is 0.300. The summed E-state index contributed by atoms with van der Waals surface area (Å²) in [4.78, 5) is 11.6. The van der Waals surface area contributed by atoms with Crippen molar-refractivity contribution < 1.29 is 9.21 Å². The summed E-state index contributed by atoms with van der Waals surface area (Å²) in [6.07, 6.45) is 0. The predicted molar refractivity (Wildman–Crippen MR) is 63.9 cm³/mol. The molecule has 2 aromatic rings. The molecule has 0 aliphatic carbocycles. The molecular formula is C10H12N4O2S. The number of aryl methyl sites for hydroxylation is 1. The first-order valence-corrected chi connectivity index (χ1v) is 5.93. The minimum atomic E-state index is -0.330. The molecular weight excluding hydrogens is 240 g/mol. The van der Waals surface area contributed by atoms with Crippen molar-refractivity contribution in [1.82, 2.24) is 15.5 Å². The minimum absolute atomic E-state index is 0.198. The van der Waals surface area contributed by atoms with Crippen LogP contribution in [0.25, 0.3) is 0 Å². The zero-order valence-electron chi connectivity index (χ0n) is 9.43. The number of nitrogens with zero attached hydrogens (tertiary/aromatic N) is 2. The molecule has 17 heavy (non-hydrogen) atoms. The highest BCUT2D eigenvalue weighted by Gasteiger charge is 2.13. The first-order chi connectivity index (χ1) is 8.15. The molecule has 0 bridgehead atoms. The zero-order valence-corrected chi connectivity index (χ0v) is 10.2. The van der Waals surface area contributed by atoms with Crippen LogP contribution >= 0.6 is 11.3 Å². The van der Waals surface area contributed by atoms with E-state index in [4.69, 9.17) is 4.42 Å². The Kier molecular flexibility index (Phi) is 3.38. The van der Waals surface area contributed by atoms with Crippen LogP contribution in [0.3, 0.4) is 0 Å². The molecule has 0 saturated heterocycles. The summed E-state index contributed by atoms with van der Waals surface area (Å²) >= 11 is 1.26. The second kappa shape index (κ2) is 4.96. The van der Waals surface area contributed by atoms with Crippen LogP contribution in [-0.4, -0.2) is 16.2 Å². The molecule has 90 valence electrons. The number of carbonyl (C=O) groups is 1. The molecule has 0 saturated carbocycles. The number of urea groups is 1. The molecule has 0 fully saturated rings. The first kappa shape index (κ1) is 11.6. The molecule has 2 N–H and O–H groups in total. The summed E-state index contributed by atoms with van der Waals surface area (Å²) in [7, 11) is 0. The van der Waals surface area contributed by atoms with E-state index >= 15 is 0 Å². The molecule has 0 aliphatic rings. The lowest BCUT2D eigenvalue weighted by Gasteiger charge is -2.10. The van der Waals surface area contributed by atoms with E-state index in [-0.39, 0.29) is 12.1 Å². The van der Waals surface area contributed by atoms with Crippen LogP contribution < -0.4 is 10.6 Å². The SMILES string of the molecule is Cc1ccc([C@H](C)NC(=O)Nc2nncs2)o1. The number of aromatic nitrogens is 2. The fourth-order valence-corrected chi connectivity index (χ4v) is 1.75. The second-order valence-corrected chi connectivity index (χ2v) is 4.35. The maximum absolute atomic E-state index is 11.6. The third-order valence-electron chi connectivity index (χ3n) is 2.12. The molecule has 0 spiro atoms. The number of amides is 2. The van der Waals surface area contributed by atoms with Gasteiger partial charge in [-0.2, -0.15) is 0 Å². The Morgan fingerprint density at radius 1 is 1.53 bits per heavy atom. The Morgan fingerprint density at radius 3 is 2.94 bits per heavy atom. The van der Waals surface area contributed by atoms with Crippen LogP contribution in [0.1, 0.15) is 24.5 Å². The summed E-state index contributed by atoms with van der Waals surface area (Å²) in [5.74, 6) is 1.54. The number of nitrogens with one attached hydrogen (secondary N) is 2. The molecule has 0 radical (unpaired) electrons. The van der Waals surface area contributed by atoms with Gasteiger partial charge in [0.15, 0.2) is 0 Å². The summed E-state index contributed by atoms with van der Waals surface area (Å²) in [5, 5.41) is 13.1. The molecule has 2 aromatic heterocycles. The van der Waals surface area contributed by atoms with E-state index in [2.05, 4.69) is 20.8 Å². The highest BCUT2D eigenvalue weighted by molar-refractivity contribution is 7.13. The maximum atomic E-state index is 11.6. The van der Waals surface area contributed by atoms with Crippen LogP contribution in [0.4, 0.5) is 9.93 Å². The molecule has 2 amide bonds. The first-order valence-electron chi connectivity index (χ1n) is 5.05. The van der Waals surface area contributed by atoms with Crippen LogP contribution in [0, 0.1) is 6.92 Å². The molecule has 0 aromatic carbocycles. The van der Waals surface area contributed by atoms with Crippen molar-refractivity contribution in [1.29, 1.82) is 0 Å². The number of hydrogen-bond acceptors (Lipinski definition) is 5. The van der Waals surface area contributed by atoms with E-state index in [0.29, 0.717) is 5.13 Å². The number of furan rings is 1. The van der Waals surface area contributed by atoms with E-state index in [9.17, 15) is 4.79 Å². The van der Waals surface area contributed by atoms with Gasteiger partial charge in [0.1, 0.15) is 17.0 Å². The van der Waals surface area contributed by atoms with E-state index in [0.717, 1.165) is 11.5 Å². The number of carbonyl (C=O) groups excluding carboxylic acids is 1. The van der Waals surface area contributed by atoms with Gasteiger partial charge in [-0.1, -0.05) is 11.3 Å². The van der Waals surface area contributed by atoms with Crippen molar-refractivity contribution in [3.05, 3.63) is 29.2 Å². The topological polar surface area (TPSA) is 80.0 Å². The molecule has 6 nitrogen and oxygen atoms in total. The standard InChI is InChI=1S/C10H12N4O2S/c1-6-3-4-8(16-6)7(2)12-9(15)13-10-14-11-5-17-10/h3-5,7H,1-2H3,(H2,12,13,14,15)/t7-/m0/s1. The van der Waals surface area contributed by atoms with Crippen LogP contribution in [0.2, 0.25) is 0 Å². The van der Waals surface area contributed by atoms with Crippen LogP contribution in [0.15, 0.2) is 22.1 Å². The van der Waals surface area contributed by atoms with Gasteiger partial charge >= 0.3 is 6.03 Å². The Morgan fingerprint density at radius 2 is 2.35 bits per heavy atom. The van der Waals surface area contributed by atoms with E-state index < -0.39 is 0 Å². The van der Waals surface area contributed by atoms with Gasteiger partial charge in [-0.05, 0) is 26.0 Å². The fourth-order valence-electron chi connectivity index (χ4n) is 1.31. The lowest BCUT2D eigenvalue weighted by atomic mass is 10.2. The molecule has 1 atom stereocenters. The van der Waals surface area contributed by atoms with E-state index in [1.807, 2.05) is 26.0 Å². The van der Waals surface area contributed by atoms with Crippen molar-refractivity contribution in [2.75, 3.05) is 5.32 Å². The highest BCUT2D eigenvalue weighted by Crippen LogP contribution is 2.16.